The van der Waals surface area contributed by atoms with Gasteiger partial charge in [0.25, 0.3) is 11.8 Å². The largest absolute Gasteiger partial charge is 0.495 e. The summed E-state index contributed by atoms with van der Waals surface area (Å²) in [5, 5.41) is 0. The minimum Gasteiger partial charge on any atom is -0.495 e. The molecule has 1 fully saturated rings. The Kier molecular flexibility index (Phi) is 7.34. The van der Waals surface area contributed by atoms with Crippen molar-refractivity contribution in [2.45, 2.75) is 56.9 Å². The van der Waals surface area contributed by atoms with E-state index >= 15 is 0 Å². The quantitative estimate of drug-likeness (QED) is 0.544. The number of benzene rings is 1. The van der Waals surface area contributed by atoms with Crippen LogP contribution in [0.2, 0.25) is 0 Å². The van der Waals surface area contributed by atoms with Crippen LogP contribution in [0.1, 0.15) is 63.1 Å². The second kappa shape index (κ2) is 9.80. The molecule has 168 valence electrons. The Balaban J connectivity index is 1.73. The van der Waals surface area contributed by atoms with E-state index in [-0.39, 0.29) is 22.3 Å². The van der Waals surface area contributed by atoms with Crippen LogP contribution in [0, 0.1) is 6.92 Å². The van der Waals surface area contributed by atoms with Gasteiger partial charge in [-0.25, -0.2) is 13.1 Å². The molecule has 0 radical (unpaired) electrons. The molecule has 0 saturated heterocycles. The van der Waals surface area contributed by atoms with E-state index in [2.05, 4.69) is 15.6 Å². The molecule has 2 amide bonds. The molecule has 1 aromatic carbocycles. The SMILES string of the molecule is CCc1sc(C(=O)NNC(=O)c2ccc(OC)c(S(=O)(=O)NC3CCCC3)c2)cc1C. The molecule has 0 aliphatic heterocycles. The van der Waals surface area contributed by atoms with E-state index in [1.165, 1.54) is 36.6 Å². The fraction of sp³-hybridized carbons (Fsp3) is 0.429. The molecule has 10 heteroatoms. The zero-order valence-electron chi connectivity index (χ0n) is 17.8. The van der Waals surface area contributed by atoms with Crippen LogP contribution in [0.4, 0.5) is 0 Å². The number of sulfonamides is 1. The smallest absolute Gasteiger partial charge is 0.279 e. The number of aryl methyl sites for hydroxylation is 2. The molecule has 8 nitrogen and oxygen atoms in total. The predicted octanol–water partition coefficient (Wildman–Crippen LogP) is 2.92. The summed E-state index contributed by atoms with van der Waals surface area (Å²) in [6.07, 6.45) is 4.37. The number of rotatable bonds is 7. The molecule has 31 heavy (non-hydrogen) atoms. The van der Waals surface area contributed by atoms with E-state index in [0.717, 1.165) is 42.5 Å². The van der Waals surface area contributed by atoms with E-state index in [9.17, 15) is 18.0 Å². The molecule has 1 saturated carbocycles. The predicted molar refractivity (Wildman–Crippen MR) is 119 cm³/mol. The zero-order chi connectivity index (χ0) is 22.6. The second-order valence-corrected chi connectivity index (χ2v) is 10.3. The first-order valence-corrected chi connectivity index (χ1v) is 12.5. The molecular weight excluding hydrogens is 438 g/mol. The van der Waals surface area contributed by atoms with Gasteiger partial charge in [0.1, 0.15) is 10.6 Å². The fourth-order valence-electron chi connectivity index (χ4n) is 3.58. The fourth-order valence-corrected chi connectivity index (χ4v) is 6.09. The molecule has 1 aliphatic carbocycles. The van der Waals surface area contributed by atoms with Crippen molar-refractivity contribution >= 4 is 33.2 Å². The van der Waals surface area contributed by atoms with Gasteiger partial charge in [-0.3, -0.25) is 20.4 Å². The third kappa shape index (κ3) is 5.44. The van der Waals surface area contributed by atoms with E-state index in [4.69, 9.17) is 4.74 Å². The van der Waals surface area contributed by atoms with Gasteiger partial charge in [0.2, 0.25) is 10.0 Å². The topological polar surface area (TPSA) is 114 Å². The lowest BCUT2D eigenvalue weighted by Crippen LogP contribution is -2.41. The highest BCUT2D eigenvalue weighted by Gasteiger charge is 2.26. The maximum atomic E-state index is 12.9. The summed E-state index contributed by atoms with van der Waals surface area (Å²) in [7, 11) is -2.49. The van der Waals surface area contributed by atoms with Crippen LogP contribution < -0.4 is 20.3 Å². The van der Waals surface area contributed by atoms with Crippen molar-refractivity contribution in [3.63, 3.8) is 0 Å². The molecule has 3 rings (SSSR count). The minimum atomic E-state index is -3.86. The van der Waals surface area contributed by atoms with Crippen molar-refractivity contribution in [2.75, 3.05) is 7.11 Å². The second-order valence-electron chi connectivity index (χ2n) is 7.45. The maximum absolute atomic E-state index is 12.9. The van der Waals surface area contributed by atoms with Crippen molar-refractivity contribution in [1.82, 2.24) is 15.6 Å². The Labute approximate surface area is 186 Å². The minimum absolute atomic E-state index is 0.0875. The zero-order valence-corrected chi connectivity index (χ0v) is 19.4. The Morgan fingerprint density at radius 2 is 1.81 bits per heavy atom. The van der Waals surface area contributed by atoms with Gasteiger partial charge in [-0.1, -0.05) is 19.8 Å². The van der Waals surface area contributed by atoms with Crippen LogP contribution >= 0.6 is 11.3 Å². The summed E-state index contributed by atoms with van der Waals surface area (Å²) < 4.78 is 33.6. The lowest BCUT2D eigenvalue weighted by Gasteiger charge is -2.16. The van der Waals surface area contributed by atoms with Crippen LogP contribution in [0.3, 0.4) is 0 Å². The monoisotopic (exact) mass is 465 g/mol. The summed E-state index contributed by atoms with van der Waals surface area (Å²) in [4.78, 5) is 26.4. The summed E-state index contributed by atoms with van der Waals surface area (Å²) in [6, 6.07) is 5.78. The first kappa shape index (κ1) is 23.2. The highest BCUT2D eigenvalue weighted by molar-refractivity contribution is 7.89. The van der Waals surface area contributed by atoms with Crippen molar-refractivity contribution in [3.05, 3.63) is 45.1 Å². The maximum Gasteiger partial charge on any atom is 0.279 e. The van der Waals surface area contributed by atoms with Gasteiger partial charge in [0, 0.05) is 16.5 Å². The number of nitrogens with one attached hydrogen (secondary N) is 3. The number of hydrogen-bond donors (Lipinski definition) is 3. The number of carbonyl (C=O) groups is 2. The molecular formula is C21H27N3O5S2. The first-order chi connectivity index (χ1) is 14.7. The van der Waals surface area contributed by atoms with E-state index in [0.29, 0.717) is 4.88 Å². The van der Waals surface area contributed by atoms with Crippen molar-refractivity contribution in [3.8, 4) is 5.75 Å². The van der Waals surface area contributed by atoms with Crippen molar-refractivity contribution in [1.29, 1.82) is 0 Å². The van der Waals surface area contributed by atoms with Gasteiger partial charge >= 0.3 is 0 Å². The first-order valence-electron chi connectivity index (χ1n) is 10.2. The Hall–Kier alpha value is -2.43. The van der Waals surface area contributed by atoms with Gasteiger partial charge in [-0.05, 0) is 56.0 Å². The van der Waals surface area contributed by atoms with E-state index < -0.39 is 21.8 Å². The highest BCUT2D eigenvalue weighted by atomic mass is 32.2. The molecule has 1 aromatic heterocycles. The molecule has 0 spiro atoms. The van der Waals surface area contributed by atoms with Gasteiger partial charge < -0.3 is 4.74 Å². The van der Waals surface area contributed by atoms with Gasteiger partial charge in [-0.2, -0.15) is 0 Å². The van der Waals surface area contributed by atoms with Crippen LogP contribution in [0.5, 0.6) is 5.75 Å². The van der Waals surface area contributed by atoms with Crippen LogP contribution in [0.25, 0.3) is 0 Å². The van der Waals surface area contributed by atoms with Gasteiger partial charge in [-0.15, -0.1) is 11.3 Å². The number of carbonyl (C=O) groups excluding carboxylic acids is 2. The third-order valence-corrected chi connectivity index (χ3v) is 8.17. The summed E-state index contributed by atoms with van der Waals surface area (Å²) in [6.45, 7) is 3.95. The van der Waals surface area contributed by atoms with Gasteiger partial charge in [0.15, 0.2) is 0 Å². The van der Waals surface area contributed by atoms with E-state index in [1.807, 2.05) is 13.8 Å². The molecule has 0 unspecified atom stereocenters. The Morgan fingerprint density at radius 3 is 2.42 bits per heavy atom. The molecule has 1 aliphatic rings. The summed E-state index contributed by atoms with van der Waals surface area (Å²) in [5.41, 5.74) is 5.85. The van der Waals surface area contributed by atoms with Crippen LogP contribution in [-0.4, -0.2) is 33.4 Å². The summed E-state index contributed by atoms with van der Waals surface area (Å²) >= 11 is 1.37. The Bertz CT molecular complexity index is 1070. The van der Waals surface area contributed by atoms with Crippen molar-refractivity contribution < 1.29 is 22.7 Å². The van der Waals surface area contributed by atoms with E-state index in [1.54, 1.807) is 6.07 Å². The molecule has 3 N–H and O–H groups in total. The summed E-state index contributed by atoms with van der Waals surface area (Å²) in [5.74, 6) is -0.907. The number of methoxy groups -OCH3 is 1. The number of hydrazine groups is 1. The molecule has 0 atom stereocenters. The number of ether oxygens (including phenoxy) is 1. The average molecular weight is 466 g/mol. The highest BCUT2D eigenvalue weighted by Crippen LogP contribution is 2.27. The van der Waals surface area contributed by atoms with Crippen LogP contribution in [-0.2, 0) is 16.4 Å². The standard InChI is InChI=1S/C21H27N3O5S2/c1-4-17-13(2)11-18(30-17)21(26)23-22-20(25)14-9-10-16(29-3)19(12-14)31(27,28)24-15-7-5-6-8-15/h9-12,15,24H,4-8H2,1-3H3,(H,22,25)(H,23,26). The number of hydrogen-bond acceptors (Lipinski definition) is 6. The normalized spacial score (nSPS) is 14.4. The van der Waals surface area contributed by atoms with Crippen LogP contribution in [0.15, 0.2) is 29.2 Å². The number of amides is 2. The number of thiophene rings is 1. The third-order valence-electron chi connectivity index (χ3n) is 5.25. The molecule has 1 heterocycles. The van der Waals surface area contributed by atoms with Gasteiger partial charge in [0.05, 0.1) is 12.0 Å². The lowest BCUT2D eigenvalue weighted by atomic mass is 10.2. The molecule has 0 bridgehead atoms. The lowest BCUT2D eigenvalue weighted by molar-refractivity contribution is 0.0848. The van der Waals surface area contributed by atoms with Crippen molar-refractivity contribution in [2.24, 2.45) is 0 Å². The molecule has 2 aromatic rings. The Morgan fingerprint density at radius 1 is 1.13 bits per heavy atom. The average Bonchev–Trinajstić information content (AvgIpc) is 3.40.